The van der Waals surface area contributed by atoms with Crippen molar-refractivity contribution in [2.24, 2.45) is 0 Å². The van der Waals surface area contributed by atoms with Gasteiger partial charge in [0.05, 0.1) is 5.02 Å². The zero-order valence-corrected chi connectivity index (χ0v) is 11.6. The van der Waals surface area contributed by atoms with Crippen LogP contribution in [0, 0.1) is 5.82 Å². The van der Waals surface area contributed by atoms with E-state index in [9.17, 15) is 9.18 Å². The van der Waals surface area contributed by atoms with Gasteiger partial charge in [-0.05, 0) is 24.6 Å². The highest BCUT2D eigenvalue weighted by molar-refractivity contribution is 6.31. The minimum absolute atomic E-state index is 0.0613. The Morgan fingerprint density at radius 1 is 1.44 bits per heavy atom. The van der Waals surface area contributed by atoms with E-state index < -0.39 is 5.82 Å². The fraction of sp³-hybridized carbons (Fsp3) is 0.500. The molecule has 0 atom stereocenters. The van der Waals surface area contributed by atoms with Crippen molar-refractivity contribution in [2.75, 3.05) is 6.54 Å². The predicted octanol–water partition coefficient (Wildman–Crippen LogP) is 3.37. The van der Waals surface area contributed by atoms with Crippen LogP contribution in [0.25, 0.3) is 0 Å². The number of rotatable bonds is 7. The van der Waals surface area contributed by atoms with Crippen LogP contribution in [-0.2, 0) is 11.2 Å². The number of carbonyl (C=O) groups excluding carboxylic acids is 1. The molecule has 100 valence electrons. The molecule has 4 heteroatoms. The molecule has 0 bridgehead atoms. The Hall–Kier alpha value is -0.930. The maximum absolute atomic E-state index is 13.2. The number of ketones is 1. The van der Waals surface area contributed by atoms with Gasteiger partial charge in [-0.1, -0.05) is 37.6 Å². The van der Waals surface area contributed by atoms with E-state index in [0.29, 0.717) is 18.0 Å². The van der Waals surface area contributed by atoms with Gasteiger partial charge in [0.2, 0.25) is 0 Å². The molecule has 0 aliphatic carbocycles. The van der Waals surface area contributed by atoms with Gasteiger partial charge in [0.15, 0.2) is 0 Å². The molecule has 1 N–H and O–H groups in total. The zero-order valence-electron chi connectivity index (χ0n) is 10.8. The monoisotopic (exact) mass is 271 g/mol. The lowest BCUT2D eigenvalue weighted by Gasteiger charge is -2.07. The molecule has 1 aromatic rings. The molecule has 1 rings (SSSR count). The maximum Gasteiger partial charge on any atom is 0.142 e. The Balaban J connectivity index is 2.38. The van der Waals surface area contributed by atoms with Crippen molar-refractivity contribution < 1.29 is 9.18 Å². The van der Waals surface area contributed by atoms with Crippen molar-refractivity contribution in [3.05, 3.63) is 34.6 Å². The highest BCUT2D eigenvalue weighted by atomic mass is 35.5. The average molecular weight is 272 g/mol. The molecule has 0 aliphatic rings. The first-order chi connectivity index (χ1) is 8.50. The van der Waals surface area contributed by atoms with Gasteiger partial charge < -0.3 is 5.32 Å². The van der Waals surface area contributed by atoms with Crippen LogP contribution in [0.1, 0.15) is 32.3 Å². The molecule has 0 aromatic heterocycles. The topological polar surface area (TPSA) is 29.1 Å². The van der Waals surface area contributed by atoms with Crippen LogP contribution in [-0.4, -0.2) is 18.4 Å². The summed E-state index contributed by atoms with van der Waals surface area (Å²) in [6, 6.07) is 4.99. The first kappa shape index (κ1) is 15.1. The van der Waals surface area contributed by atoms with Gasteiger partial charge in [-0.15, -0.1) is 0 Å². The first-order valence-electron chi connectivity index (χ1n) is 6.18. The molecule has 0 saturated carbocycles. The normalized spacial score (nSPS) is 10.9. The van der Waals surface area contributed by atoms with Crippen LogP contribution in [0.5, 0.6) is 0 Å². The third-order valence-electron chi connectivity index (χ3n) is 2.60. The van der Waals surface area contributed by atoms with Crippen LogP contribution in [0.4, 0.5) is 4.39 Å². The van der Waals surface area contributed by atoms with Crippen LogP contribution in [0.15, 0.2) is 18.2 Å². The number of halogens is 2. The summed E-state index contributed by atoms with van der Waals surface area (Å²) in [5, 5.41) is 3.31. The van der Waals surface area contributed by atoms with Crippen molar-refractivity contribution in [1.29, 1.82) is 0 Å². The van der Waals surface area contributed by atoms with Gasteiger partial charge >= 0.3 is 0 Å². The van der Waals surface area contributed by atoms with Crippen molar-refractivity contribution in [3.8, 4) is 0 Å². The summed E-state index contributed by atoms with van der Waals surface area (Å²) in [6.07, 6.45) is 1.49. The highest BCUT2D eigenvalue weighted by Gasteiger charge is 2.10. The Morgan fingerprint density at radius 2 is 2.17 bits per heavy atom. The van der Waals surface area contributed by atoms with E-state index in [-0.39, 0.29) is 17.2 Å². The van der Waals surface area contributed by atoms with E-state index in [1.807, 2.05) is 0 Å². The number of nitrogens with one attached hydrogen (secondary N) is 1. The molecule has 0 saturated heterocycles. The Morgan fingerprint density at radius 3 is 2.83 bits per heavy atom. The Bertz CT molecular complexity index is 407. The molecule has 0 radical (unpaired) electrons. The summed E-state index contributed by atoms with van der Waals surface area (Å²) in [5.74, 6) is -0.378. The molecule has 0 aliphatic heterocycles. The fourth-order valence-electron chi connectivity index (χ4n) is 1.66. The van der Waals surface area contributed by atoms with Crippen molar-refractivity contribution >= 4 is 17.4 Å². The molecule has 1 aromatic carbocycles. The molecule has 0 spiro atoms. The van der Waals surface area contributed by atoms with Crippen molar-refractivity contribution in [2.45, 2.75) is 39.2 Å². The second kappa shape index (κ2) is 7.49. The number of Topliss-reactive ketones (excluding diaryl/α,β-unsaturated/α-hetero) is 1. The maximum atomic E-state index is 13.2. The second-order valence-electron chi connectivity index (χ2n) is 4.64. The van der Waals surface area contributed by atoms with Gasteiger partial charge in [-0.3, -0.25) is 4.79 Å². The molecule has 2 nitrogen and oxygen atoms in total. The Labute approximate surface area is 113 Å². The van der Waals surface area contributed by atoms with Gasteiger partial charge in [0.1, 0.15) is 11.6 Å². The van der Waals surface area contributed by atoms with Crippen LogP contribution in [0.2, 0.25) is 5.02 Å². The van der Waals surface area contributed by atoms with Gasteiger partial charge in [-0.25, -0.2) is 4.39 Å². The molecule has 0 fully saturated rings. The SMILES string of the molecule is CC(C)NCCCC(=O)Cc1cccc(F)c1Cl. The summed E-state index contributed by atoms with van der Waals surface area (Å²) >= 11 is 5.80. The molecular weight excluding hydrogens is 253 g/mol. The minimum atomic E-state index is -0.469. The third kappa shape index (κ3) is 5.15. The van der Waals surface area contributed by atoms with Crippen LogP contribution in [0.3, 0.4) is 0 Å². The fourth-order valence-corrected chi connectivity index (χ4v) is 1.85. The van der Waals surface area contributed by atoms with Gasteiger partial charge in [0.25, 0.3) is 0 Å². The summed E-state index contributed by atoms with van der Waals surface area (Å²) < 4.78 is 13.2. The molecular formula is C14H19ClFNO. The van der Waals surface area contributed by atoms with E-state index >= 15 is 0 Å². The second-order valence-corrected chi connectivity index (χ2v) is 5.02. The van der Waals surface area contributed by atoms with Crippen LogP contribution >= 0.6 is 11.6 Å². The lowest BCUT2D eigenvalue weighted by atomic mass is 10.1. The van der Waals surface area contributed by atoms with E-state index in [4.69, 9.17) is 11.6 Å². The van der Waals surface area contributed by atoms with E-state index in [2.05, 4.69) is 19.2 Å². The molecule has 18 heavy (non-hydrogen) atoms. The summed E-state index contributed by atoms with van der Waals surface area (Å²) in [4.78, 5) is 11.7. The molecule has 0 heterocycles. The zero-order chi connectivity index (χ0) is 13.5. The summed E-state index contributed by atoms with van der Waals surface area (Å²) in [7, 11) is 0. The molecule has 0 unspecified atom stereocenters. The van der Waals surface area contributed by atoms with Crippen LogP contribution < -0.4 is 5.32 Å². The third-order valence-corrected chi connectivity index (χ3v) is 3.03. The van der Waals surface area contributed by atoms with E-state index in [0.717, 1.165) is 13.0 Å². The number of hydrogen-bond donors (Lipinski definition) is 1. The Kier molecular flexibility index (Phi) is 6.30. The van der Waals surface area contributed by atoms with E-state index in [1.54, 1.807) is 12.1 Å². The number of hydrogen-bond acceptors (Lipinski definition) is 2. The van der Waals surface area contributed by atoms with E-state index in [1.165, 1.54) is 6.07 Å². The quantitative estimate of drug-likeness (QED) is 0.771. The van der Waals surface area contributed by atoms with Crippen molar-refractivity contribution in [3.63, 3.8) is 0 Å². The van der Waals surface area contributed by atoms with Gasteiger partial charge in [0, 0.05) is 18.9 Å². The number of benzene rings is 1. The first-order valence-corrected chi connectivity index (χ1v) is 6.56. The molecule has 0 amide bonds. The number of carbonyl (C=O) groups is 1. The lowest BCUT2D eigenvalue weighted by Crippen LogP contribution is -2.24. The average Bonchev–Trinajstić information content (AvgIpc) is 2.30. The summed E-state index contributed by atoms with van der Waals surface area (Å²) in [6.45, 7) is 4.95. The predicted molar refractivity (Wildman–Crippen MR) is 72.5 cm³/mol. The van der Waals surface area contributed by atoms with Crippen molar-refractivity contribution in [1.82, 2.24) is 5.32 Å². The van der Waals surface area contributed by atoms with Gasteiger partial charge in [-0.2, -0.15) is 0 Å². The standard InChI is InChI=1S/C14H19ClFNO/c1-10(2)17-8-4-6-12(18)9-11-5-3-7-13(16)14(11)15/h3,5,7,10,17H,4,6,8-9H2,1-2H3. The largest absolute Gasteiger partial charge is 0.315 e. The minimum Gasteiger partial charge on any atom is -0.315 e. The summed E-state index contributed by atoms with van der Waals surface area (Å²) in [5.41, 5.74) is 0.568. The smallest absolute Gasteiger partial charge is 0.142 e. The highest BCUT2D eigenvalue weighted by Crippen LogP contribution is 2.20. The lowest BCUT2D eigenvalue weighted by molar-refractivity contribution is -0.118.